The van der Waals surface area contributed by atoms with Gasteiger partial charge in [0.15, 0.2) is 0 Å². The monoisotopic (exact) mass is 390 g/mol. The van der Waals surface area contributed by atoms with Gasteiger partial charge in [-0.05, 0) is 25.3 Å². The van der Waals surface area contributed by atoms with E-state index in [-0.39, 0.29) is 24.4 Å². The van der Waals surface area contributed by atoms with Crippen LogP contribution in [0.15, 0.2) is 28.9 Å². The summed E-state index contributed by atoms with van der Waals surface area (Å²) < 4.78 is 12.3. The summed E-state index contributed by atoms with van der Waals surface area (Å²) in [5.74, 6) is 0. The Morgan fingerprint density at radius 3 is 2.79 bits per heavy atom. The first-order chi connectivity index (χ1) is 9.24. The second-order valence-electron chi connectivity index (χ2n) is 4.97. The van der Waals surface area contributed by atoms with E-state index in [2.05, 4.69) is 56.7 Å². The van der Waals surface area contributed by atoms with Gasteiger partial charge < -0.3 is 9.47 Å². The van der Waals surface area contributed by atoms with E-state index in [1.807, 2.05) is 6.08 Å². The molecular formula is C15H20Br2O2. The van der Waals surface area contributed by atoms with Gasteiger partial charge in [0.25, 0.3) is 0 Å². The molecule has 106 valence electrons. The van der Waals surface area contributed by atoms with Crippen LogP contribution in [0.1, 0.15) is 32.6 Å². The van der Waals surface area contributed by atoms with E-state index in [0.717, 1.165) is 25.7 Å². The Balaban J connectivity index is 2.08. The molecule has 5 atom stereocenters. The van der Waals surface area contributed by atoms with Crippen molar-refractivity contribution in [2.75, 3.05) is 0 Å². The molecule has 19 heavy (non-hydrogen) atoms. The number of rotatable bonds is 2. The highest BCUT2D eigenvalue weighted by Crippen LogP contribution is 2.31. The molecule has 2 aliphatic rings. The van der Waals surface area contributed by atoms with Crippen LogP contribution in [0.5, 0.6) is 0 Å². The van der Waals surface area contributed by atoms with Gasteiger partial charge in [-0.15, -0.1) is 5.73 Å². The Kier molecular flexibility index (Phi) is 6.37. The van der Waals surface area contributed by atoms with Crippen LogP contribution in [-0.2, 0) is 9.47 Å². The standard InChI is InChI=1S/C15H20Br2O2/c1-2-13-12(17)7-3-4-8-14-15(19-13)10-11(18-14)6-5-9-16/h3-4,6,9,11-15H,2,7-8,10H2,1H3/b4-3-/t5?,11-,12?,13?,14-,15-/m1/s1. The van der Waals surface area contributed by atoms with Crippen LogP contribution >= 0.6 is 31.9 Å². The fourth-order valence-corrected chi connectivity index (χ4v) is 3.49. The molecule has 2 unspecified atom stereocenters. The van der Waals surface area contributed by atoms with Gasteiger partial charge in [-0.25, -0.2) is 0 Å². The molecule has 0 aliphatic carbocycles. The minimum Gasteiger partial charge on any atom is -0.371 e. The summed E-state index contributed by atoms with van der Waals surface area (Å²) in [5, 5.41) is 0. The average Bonchev–Trinajstić information content (AvgIpc) is 2.81. The Morgan fingerprint density at radius 1 is 1.26 bits per heavy atom. The Bertz CT molecular complexity index is 374. The summed E-state index contributed by atoms with van der Waals surface area (Å²) in [4.78, 5) is 2.12. The predicted octanol–water partition coefficient (Wildman–Crippen LogP) is 4.48. The van der Waals surface area contributed by atoms with Crippen LogP contribution in [0.3, 0.4) is 0 Å². The summed E-state index contributed by atoms with van der Waals surface area (Å²) in [6, 6.07) is 0. The highest BCUT2D eigenvalue weighted by Gasteiger charge is 2.37. The second kappa shape index (κ2) is 7.80. The molecule has 0 radical (unpaired) electrons. The van der Waals surface area contributed by atoms with Crippen LogP contribution in [0.2, 0.25) is 0 Å². The van der Waals surface area contributed by atoms with Crippen molar-refractivity contribution in [3.63, 3.8) is 0 Å². The maximum Gasteiger partial charge on any atom is 0.0880 e. The number of hydrogen-bond acceptors (Lipinski definition) is 2. The van der Waals surface area contributed by atoms with Crippen LogP contribution < -0.4 is 0 Å². The molecule has 0 spiro atoms. The number of ether oxygens (including phenoxy) is 2. The molecule has 2 rings (SSSR count). The predicted molar refractivity (Wildman–Crippen MR) is 84.9 cm³/mol. The summed E-state index contributed by atoms with van der Waals surface area (Å²) in [6.45, 7) is 2.18. The lowest BCUT2D eigenvalue weighted by atomic mass is 10.1. The molecule has 1 saturated heterocycles. The lowest BCUT2D eigenvalue weighted by Crippen LogP contribution is -2.32. The molecule has 0 bridgehead atoms. The number of alkyl halides is 1. The average molecular weight is 392 g/mol. The molecule has 0 aromatic carbocycles. The third-order valence-corrected chi connectivity index (χ3v) is 4.85. The Labute approximate surface area is 132 Å². The van der Waals surface area contributed by atoms with Gasteiger partial charge in [0.2, 0.25) is 0 Å². The maximum absolute atomic E-state index is 6.29. The summed E-state index contributed by atoms with van der Waals surface area (Å²) in [7, 11) is 0. The van der Waals surface area contributed by atoms with E-state index in [0.29, 0.717) is 4.83 Å². The summed E-state index contributed by atoms with van der Waals surface area (Å²) in [6.07, 6.45) is 11.0. The molecule has 0 saturated carbocycles. The first kappa shape index (κ1) is 15.5. The van der Waals surface area contributed by atoms with Crippen molar-refractivity contribution >= 4 is 31.9 Å². The Hall–Kier alpha value is 0.140. The van der Waals surface area contributed by atoms with Gasteiger partial charge in [0.1, 0.15) is 0 Å². The first-order valence-electron chi connectivity index (χ1n) is 6.85. The van der Waals surface area contributed by atoms with Gasteiger partial charge in [0.05, 0.1) is 24.4 Å². The van der Waals surface area contributed by atoms with Gasteiger partial charge in [-0.2, -0.15) is 0 Å². The minimum absolute atomic E-state index is 0.114. The van der Waals surface area contributed by atoms with E-state index < -0.39 is 0 Å². The summed E-state index contributed by atoms with van der Waals surface area (Å²) in [5.41, 5.74) is 3.04. The number of hydrogen-bond donors (Lipinski definition) is 0. The molecule has 0 N–H and O–H groups in total. The number of fused-ring (bicyclic) bond motifs is 1. The minimum atomic E-state index is 0.114. The van der Waals surface area contributed by atoms with Crippen molar-refractivity contribution in [2.24, 2.45) is 0 Å². The molecule has 1 fully saturated rings. The van der Waals surface area contributed by atoms with E-state index >= 15 is 0 Å². The molecule has 2 heterocycles. The van der Waals surface area contributed by atoms with Gasteiger partial charge >= 0.3 is 0 Å². The largest absolute Gasteiger partial charge is 0.371 e. The van der Waals surface area contributed by atoms with E-state index in [9.17, 15) is 0 Å². The Morgan fingerprint density at radius 2 is 2.05 bits per heavy atom. The third kappa shape index (κ3) is 4.30. The van der Waals surface area contributed by atoms with Crippen molar-refractivity contribution in [1.82, 2.24) is 0 Å². The molecule has 4 heteroatoms. The topological polar surface area (TPSA) is 18.5 Å². The second-order valence-corrected chi connectivity index (χ2v) is 6.61. The van der Waals surface area contributed by atoms with E-state index in [1.54, 1.807) is 4.99 Å². The van der Waals surface area contributed by atoms with E-state index in [4.69, 9.17) is 9.47 Å². The highest BCUT2D eigenvalue weighted by molar-refractivity contribution is 9.11. The smallest absolute Gasteiger partial charge is 0.0880 e. The number of allylic oxidation sites excluding steroid dienone is 1. The zero-order valence-electron chi connectivity index (χ0n) is 11.1. The van der Waals surface area contributed by atoms with Crippen molar-refractivity contribution in [2.45, 2.75) is 61.9 Å². The number of halogens is 2. The van der Waals surface area contributed by atoms with Crippen LogP contribution in [0, 0.1) is 0 Å². The molecule has 2 aliphatic heterocycles. The fourth-order valence-electron chi connectivity index (χ4n) is 2.62. The van der Waals surface area contributed by atoms with Crippen molar-refractivity contribution in [1.29, 1.82) is 0 Å². The lowest BCUT2D eigenvalue weighted by molar-refractivity contribution is -0.0522. The SMILES string of the molecule is CCC1O[C@@H]2C[C@@H](C=C=CBr)O[C@@H]2C/C=C\CC1Br. The van der Waals surface area contributed by atoms with Crippen molar-refractivity contribution < 1.29 is 9.47 Å². The normalized spacial score (nSPS) is 40.3. The van der Waals surface area contributed by atoms with Crippen LogP contribution in [0.4, 0.5) is 0 Å². The molecule has 2 nitrogen and oxygen atoms in total. The molecular weight excluding hydrogens is 372 g/mol. The quantitative estimate of drug-likeness (QED) is 0.392. The zero-order valence-corrected chi connectivity index (χ0v) is 14.3. The third-order valence-electron chi connectivity index (χ3n) is 3.63. The van der Waals surface area contributed by atoms with Crippen molar-refractivity contribution in [3.05, 3.63) is 28.9 Å². The first-order valence-corrected chi connectivity index (χ1v) is 8.69. The van der Waals surface area contributed by atoms with Crippen LogP contribution in [0.25, 0.3) is 0 Å². The fraction of sp³-hybridized carbons (Fsp3) is 0.667. The van der Waals surface area contributed by atoms with E-state index in [1.165, 1.54) is 0 Å². The highest BCUT2D eigenvalue weighted by atomic mass is 79.9. The lowest BCUT2D eigenvalue weighted by Gasteiger charge is -2.26. The maximum atomic E-state index is 6.29. The van der Waals surface area contributed by atoms with Crippen LogP contribution in [-0.4, -0.2) is 29.2 Å². The zero-order chi connectivity index (χ0) is 13.7. The van der Waals surface area contributed by atoms with Gasteiger partial charge in [-0.3, -0.25) is 0 Å². The molecule has 0 aromatic rings. The van der Waals surface area contributed by atoms with Gasteiger partial charge in [-0.1, -0.05) is 50.9 Å². The van der Waals surface area contributed by atoms with Crippen molar-refractivity contribution in [3.8, 4) is 0 Å². The molecule has 0 amide bonds. The van der Waals surface area contributed by atoms with Gasteiger partial charge in [0, 0.05) is 16.2 Å². The molecule has 0 aromatic heterocycles. The summed E-state index contributed by atoms with van der Waals surface area (Å²) >= 11 is 6.97.